The van der Waals surface area contributed by atoms with E-state index >= 15 is 0 Å². The van der Waals surface area contributed by atoms with Gasteiger partial charge in [0.2, 0.25) is 0 Å². The van der Waals surface area contributed by atoms with Crippen LogP contribution in [0.4, 0.5) is 17.1 Å². The lowest BCUT2D eigenvalue weighted by atomic mass is 9.48. The largest absolute Gasteiger partial charge is 0.310 e. The Balaban J connectivity index is 0.877. The highest BCUT2D eigenvalue weighted by Crippen LogP contribution is 2.61. The number of anilines is 3. The van der Waals surface area contributed by atoms with Gasteiger partial charge in [-0.3, -0.25) is 4.40 Å². The van der Waals surface area contributed by atoms with Gasteiger partial charge in [0, 0.05) is 28.0 Å². The number of fused-ring (bicyclic) bond motifs is 6. The molecule has 0 unspecified atom stereocenters. The first kappa shape index (κ1) is 35.3. The first-order chi connectivity index (χ1) is 30.1. The summed E-state index contributed by atoms with van der Waals surface area (Å²) in [5, 5.41) is 3.78. The van der Waals surface area contributed by atoms with Crippen LogP contribution in [0.15, 0.2) is 188 Å². The number of thiazole rings is 1. The molecule has 4 aliphatic carbocycles. The lowest BCUT2D eigenvalue weighted by Gasteiger charge is -2.57. The Labute approximate surface area is 361 Å². The summed E-state index contributed by atoms with van der Waals surface area (Å²) in [5.41, 5.74) is 15.5. The third kappa shape index (κ3) is 5.81. The van der Waals surface area contributed by atoms with Crippen molar-refractivity contribution in [3.05, 3.63) is 194 Å². The van der Waals surface area contributed by atoms with Gasteiger partial charge in [-0.05, 0) is 167 Å². The second-order valence-corrected chi connectivity index (χ2v) is 19.5. The van der Waals surface area contributed by atoms with Crippen LogP contribution >= 0.6 is 11.3 Å². The Bertz CT molecular complexity index is 3230. The summed E-state index contributed by atoms with van der Waals surface area (Å²) in [6, 6.07) is 70.3. The van der Waals surface area contributed by atoms with E-state index in [0.29, 0.717) is 5.41 Å². The Morgan fingerprint density at radius 1 is 0.443 bits per heavy atom. The molecule has 14 rings (SSSR count). The van der Waals surface area contributed by atoms with E-state index in [0.717, 1.165) is 17.8 Å². The molecule has 0 amide bonds. The average molecular weight is 803 g/mol. The third-order valence-corrected chi connectivity index (χ3v) is 15.9. The molecule has 0 aliphatic heterocycles. The number of aromatic nitrogens is 1. The van der Waals surface area contributed by atoms with Gasteiger partial charge in [-0.25, -0.2) is 0 Å². The number of hydrogen-bond donors (Lipinski definition) is 0. The summed E-state index contributed by atoms with van der Waals surface area (Å²) < 4.78 is 3.78. The topological polar surface area (TPSA) is 7.65 Å². The second kappa shape index (κ2) is 13.8. The zero-order chi connectivity index (χ0) is 40.1. The van der Waals surface area contributed by atoms with E-state index < -0.39 is 0 Å². The predicted octanol–water partition coefficient (Wildman–Crippen LogP) is 16.4. The van der Waals surface area contributed by atoms with Gasteiger partial charge in [0.25, 0.3) is 0 Å². The fourth-order valence-corrected chi connectivity index (χ4v) is 13.6. The molecular formula is C58H46N2S. The lowest BCUT2D eigenvalue weighted by molar-refractivity contribution is -0.00518. The molecule has 0 N–H and O–H groups in total. The van der Waals surface area contributed by atoms with Crippen molar-refractivity contribution in [2.45, 2.75) is 43.9 Å². The normalized spacial score (nSPS) is 20.6. The molecule has 4 bridgehead atoms. The van der Waals surface area contributed by atoms with Gasteiger partial charge >= 0.3 is 0 Å². The Morgan fingerprint density at radius 3 is 1.70 bits per heavy atom. The van der Waals surface area contributed by atoms with Crippen LogP contribution in [0.25, 0.3) is 70.1 Å². The summed E-state index contributed by atoms with van der Waals surface area (Å²) in [6.07, 6.45) is 8.59. The van der Waals surface area contributed by atoms with Gasteiger partial charge in [0.1, 0.15) is 4.83 Å². The highest BCUT2D eigenvalue weighted by molar-refractivity contribution is 7.24. The minimum atomic E-state index is 0.386. The summed E-state index contributed by atoms with van der Waals surface area (Å²) in [6.45, 7) is 0. The standard InChI is InChI=1S/C58H46N2S/c1-3-9-41(10-4-1)42-17-23-49(24-18-42)59(50-26-21-48(22-27-50)58-35-38-29-39(36-58)31-40(30-38)37-58)51-25-19-45-32-44(15-16-46(45)33-51)47-20-28-55-54(34-47)60-53-14-8-7-13-52(53)56(57(60)61-55)43-11-5-2-6-12-43/h1-28,32-34,38-40H,29-31,35-37H2. The van der Waals surface area contributed by atoms with Crippen LogP contribution in [0.3, 0.4) is 0 Å². The second-order valence-electron chi connectivity index (χ2n) is 18.4. The lowest BCUT2D eigenvalue weighted by Crippen LogP contribution is -2.48. The van der Waals surface area contributed by atoms with E-state index in [2.05, 4.69) is 197 Å². The van der Waals surface area contributed by atoms with E-state index in [9.17, 15) is 0 Å². The molecule has 2 nitrogen and oxygen atoms in total. The van der Waals surface area contributed by atoms with Crippen molar-refractivity contribution in [2.75, 3.05) is 4.90 Å². The van der Waals surface area contributed by atoms with Crippen LogP contribution in [0.5, 0.6) is 0 Å². The van der Waals surface area contributed by atoms with E-state index in [1.165, 1.54) is 126 Å². The van der Waals surface area contributed by atoms with E-state index in [1.807, 2.05) is 11.3 Å². The quantitative estimate of drug-likeness (QED) is 0.156. The van der Waals surface area contributed by atoms with Crippen LogP contribution in [0.1, 0.15) is 44.1 Å². The summed E-state index contributed by atoms with van der Waals surface area (Å²) in [4.78, 5) is 3.75. The van der Waals surface area contributed by atoms with E-state index in [-0.39, 0.29) is 0 Å². The molecule has 3 heteroatoms. The fraction of sp³-hybridized carbons (Fsp3) is 0.172. The highest BCUT2D eigenvalue weighted by Gasteiger charge is 2.51. The third-order valence-electron chi connectivity index (χ3n) is 14.7. The molecule has 0 spiro atoms. The molecule has 4 saturated carbocycles. The van der Waals surface area contributed by atoms with Crippen molar-refractivity contribution in [1.82, 2.24) is 4.40 Å². The van der Waals surface area contributed by atoms with E-state index in [1.54, 1.807) is 5.56 Å². The van der Waals surface area contributed by atoms with Crippen molar-refractivity contribution in [2.24, 2.45) is 17.8 Å². The molecule has 4 fully saturated rings. The van der Waals surface area contributed by atoms with E-state index in [4.69, 9.17) is 0 Å². The van der Waals surface area contributed by atoms with Crippen LogP contribution in [-0.4, -0.2) is 4.40 Å². The number of benzene rings is 8. The average Bonchev–Trinajstić information content (AvgIpc) is 3.84. The maximum Gasteiger partial charge on any atom is 0.109 e. The van der Waals surface area contributed by atoms with Crippen molar-refractivity contribution in [1.29, 1.82) is 0 Å². The Hall–Kier alpha value is -6.42. The zero-order valence-electron chi connectivity index (χ0n) is 34.2. The minimum Gasteiger partial charge on any atom is -0.310 e. The molecule has 61 heavy (non-hydrogen) atoms. The molecule has 2 aromatic heterocycles. The smallest absolute Gasteiger partial charge is 0.109 e. The van der Waals surface area contributed by atoms with Gasteiger partial charge < -0.3 is 4.90 Å². The Morgan fingerprint density at radius 2 is 0.984 bits per heavy atom. The number of nitrogens with zero attached hydrogens (tertiary/aromatic N) is 2. The van der Waals surface area contributed by atoms with Crippen LogP contribution in [0.2, 0.25) is 0 Å². The first-order valence-corrected chi connectivity index (χ1v) is 23.1. The number of rotatable bonds is 7. The first-order valence-electron chi connectivity index (χ1n) is 22.2. The van der Waals surface area contributed by atoms with Crippen molar-refractivity contribution in [3.8, 4) is 33.4 Å². The molecule has 4 aliphatic rings. The predicted molar refractivity (Wildman–Crippen MR) is 259 cm³/mol. The van der Waals surface area contributed by atoms with Crippen molar-refractivity contribution in [3.63, 3.8) is 0 Å². The van der Waals surface area contributed by atoms with Gasteiger partial charge in [-0.2, -0.15) is 0 Å². The van der Waals surface area contributed by atoms with Crippen LogP contribution < -0.4 is 4.90 Å². The summed E-state index contributed by atoms with van der Waals surface area (Å²) >= 11 is 1.89. The highest BCUT2D eigenvalue weighted by atomic mass is 32.1. The number of para-hydroxylation sites is 1. The molecule has 8 aromatic carbocycles. The van der Waals surface area contributed by atoms with Gasteiger partial charge in [-0.1, -0.05) is 127 Å². The van der Waals surface area contributed by atoms with Gasteiger partial charge in [0.15, 0.2) is 0 Å². The van der Waals surface area contributed by atoms with Gasteiger partial charge in [0.05, 0.1) is 15.7 Å². The zero-order valence-corrected chi connectivity index (χ0v) is 35.0. The van der Waals surface area contributed by atoms with Crippen molar-refractivity contribution < 1.29 is 0 Å². The summed E-state index contributed by atoms with van der Waals surface area (Å²) in [7, 11) is 0. The molecule has 10 aromatic rings. The van der Waals surface area contributed by atoms with Crippen molar-refractivity contribution >= 4 is 65.1 Å². The summed E-state index contributed by atoms with van der Waals surface area (Å²) in [5.74, 6) is 2.81. The van der Waals surface area contributed by atoms with Gasteiger partial charge in [-0.15, -0.1) is 11.3 Å². The molecular weight excluding hydrogens is 757 g/mol. The molecule has 294 valence electrons. The molecule has 0 saturated heterocycles. The van der Waals surface area contributed by atoms with Crippen LogP contribution in [-0.2, 0) is 5.41 Å². The monoisotopic (exact) mass is 802 g/mol. The Kier molecular flexibility index (Phi) is 8.00. The molecule has 2 heterocycles. The fourth-order valence-electron chi connectivity index (χ4n) is 12.4. The SMILES string of the molecule is c1ccc(-c2ccc(N(c3ccc(C45CC6CC(CC(C6)C4)C5)cc3)c3ccc4cc(-c5ccc6sc7c(-c8ccccc8)c8ccccc8n7c6c5)ccc4c3)cc2)cc1. The molecule has 0 atom stereocenters. The maximum absolute atomic E-state index is 2.48. The minimum absolute atomic E-state index is 0.386. The molecule has 0 radical (unpaired) electrons. The maximum atomic E-state index is 2.48. The number of hydrogen-bond acceptors (Lipinski definition) is 2. The van der Waals surface area contributed by atoms with Crippen LogP contribution in [0, 0.1) is 17.8 Å².